The molecule has 3 aromatic rings. The molecule has 3 heterocycles. The maximum atomic E-state index is 14.3. The average Bonchev–Trinajstić information content (AvgIpc) is 2.81. The molecule has 1 amide bonds. The molecule has 1 aliphatic rings. The highest BCUT2D eigenvalue weighted by molar-refractivity contribution is 7.92. The zero-order valence-corrected chi connectivity index (χ0v) is 18.7. The van der Waals surface area contributed by atoms with Crippen LogP contribution in [0.15, 0.2) is 61.1 Å². The Kier molecular flexibility index (Phi) is 6.50. The maximum Gasteiger partial charge on any atom is 0.272 e. The molecule has 1 fully saturated rings. The number of rotatable bonds is 6. The largest absolute Gasteiger partial charge is 0.474 e. The van der Waals surface area contributed by atoms with Gasteiger partial charge in [0.2, 0.25) is 15.9 Å². The van der Waals surface area contributed by atoms with Gasteiger partial charge in [0.1, 0.15) is 23.9 Å². The summed E-state index contributed by atoms with van der Waals surface area (Å²) in [5.41, 5.74) is 0.248. The van der Waals surface area contributed by atoms with Crippen molar-refractivity contribution in [3.8, 4) is 5.88 Å². The minimum Gasteiger partial charge on any atom is -0.474 e. The second-order valence-electron chi connectivity index (χ2n) is 7.52. The number of carbonyl (C=O) groups is 1. The Balaban J connectivity index is 1.46. The molecule has 1 saturated heterocycles. The van der Waals surface area contributed by atoms with E-state index in [9.17, 15) is 17.6 Å². The Morgan fingerprint density at radius 2 is 1.82 bits per heavy atom. The Labute approximate surface area is 190 Å². The maximum absolute atomic E-state index is 14.3. The molecular formula is C22H22FN5O4S. The first-order valence-corrected chi connectivity index (χ1v) is 12.1. The van der Waals surface area contributed by atoms with Crippen LogP contribution in [-0.2, 0) is 10.0 Å². The van der Waals surface area contributed by atoms with Crippen molar-refractivity contribution in [2.45, 2.75) is 18.9 Å². The normalized spacial score (nSPS) is 14.7. The van der Waals surface area contributed by atoms with E-state index >= 15 is 0 Å². The van der Waals surface area contributed by atoms with E-state index in [0.29, 0.717) is 31.6 Å². The minimum atomic E-state index is -3.89. The fourth-order valence-corrected chi connectivity index (χ4v) is 4.54. The number of piperidine rings is 1. The number of likely N-dealkylation sites (tertiary alicyclic amines) is 1. The molecule has 0 unspecified atom stereocenters. The van der Waals surface area contributed by atoms with Crippen LogP contribution in [0.4, 0.5) is 15.9 Å². The number of amides is 1. The zero-order valence-electron chi connectivity index (χ0n) is 17.8. The minimum absolute atomic E-state index is 0.0321. The highest BCUT2D eigenvalue weighted by atomic mass is 32.2. The van der Waals surface area contributed by atoms with E-state index in [-0.39, 0.29) is 29.4 Å². The molecule has 0 spiro atoms. The molecule has 172 valence electrons. The number of benzene rings is 1. The van der Waals surface area contributed by atoms with E-state index in [1.807, 2.05) is 0 Å². The van der Waals surface area contributed by atoms with E-state index in [0.717, 1.165) is 10.6 Å². The smallest absolute Gasteiger partial charge is 0.272 e. The van der Waals surface area contributed by atoms with Crippen LogP contribution in [0.5, 0.6) is 5.88 Å². The number of hydrogen-bond acceptors (Lipinski definition) is 7. The van der Waals surface area contributed by atoms with Gasteiger partial charge >= 0.3 is 0 Å². The third-order valence-electron chi connectivity index (χ3n) is 5.14. The van der Waals surface area contributed by atoms with Gasteiger partial charge in [-0.3, -0.25) is 9.78 Å². The summed E-state index contributed by atoms with van der Waals surface area (Å²) in [6, 6.07) is 12.1. The molecule has 0 saturated carbocycles. The number of halogens is 1. The average molecular weight is 472 g/mol. The fourth-order valence-electron chi connectivity index (χ4n) is 3.59. The number of anilines is 2. The predicted molar refractivity (Wildman–Crippen MR) is 119 cm³/mol. The number of nitrogens with zero attached hydrogens (tertiary/aromatic N) is 5. The third-order valence-corrected chi connectivity index (χ3v) is 6.19. The van der Waals surface area contributed by atoms with Crippen LogP contribution >= 0.6 is 0 Å². The molecule has 0 radical (unpaired) electrons. The van der Waals surface area contributed by atoms with Crippen molar-refractivity contribution < 1.29 is 22.3 Å². The van der Waals surface area contributed by atoms with Gasteiger partial charge in [0.15, 0.2) is 5.82 Å². The highest BCUT2D eigenvalue weighted by Gasteiger charge is 2.27. The van der Waals surface area contributed by atoms with Crippen LogP contribution in [0.3, 0.4) is 0 Å². The summed E-state index contributed by atoms with van der Waals surface area (Å²) in [5, 5.41) is 0. The fraction of sp³-hybridized carbons (Fsp3) is 0.273. The van der Waals surface area contributed by atoms with Crippen molar-refractivity contribution in [2.75, 3.05) is 23.7 Å². The number of hydrogen-bond donors (Lipinski definition) is 0. The number of ether oxygens (including phenoxy) is 1. The van der Waals surface area contributed by atoms with Gasteiger partial charge in [0.25, 0.3) is 5.91 Å². The van der Waals surface area contributed by atoms with E-state index in [1.165, 1.54) is 36.7 Å². The standard InChI is InChI=1S/C22H22FN5O4S/c1-33(30,31)28(19-8-3-2-6-17(19)23)20-14-21(26-15-25-20)32-16-9-12-27(13-10-16)22(29)18-7-4-5-11-24-18/h2-8,11,14-16H,9-10,12-13H2,1H3. The first kappa shape index (κ1) is 22.6. The summed E-state index contributed by atoms with van der Waals surface area (Å²) >= 11 is 0. The van der Waals surface area contributed by atoms with Gasteiger partial charge in [-0.1, -0.05) is 18.2 Å². The van der Waals surface area contributed by atoms with Crippen LogP contribution < -0.4 is 9.04 Å². The van der Waals surface area contributed by atoms with Crippen molar-refractivity contribution in [2.24, 2.45) is 0 Å². The Hall–Kier alpha value is -3.60. The Morgan fingerprint density at radius 1 is 1.09 bits per heavy atom. The van der Waals surface area contributed by atoms with Gasteiger partial charge in [-0.25, -0.2) is 27.1 Å². The quantitative estimate of drug-likeness (QED) is 0.544. The second kappa shape index (κ2) is 9.49. The lowest BCUT2D eigenvalue weighted by Gasteiger charge is -2.31. The van der Waals surface area contributed by atoms with Crippen LogP contribution in [0.2, 0.25) is 0 Å². The lowest BCUT2D eigenvalue weighted by molar-refractivity contribution is 0.0582. The lowest BCUT2D eigenvalue weighted by atomic mass is 10.1. The summed E-state index contributed by atoms with van der Waals surface area (Å²) in [7, 11) is -3.89. The first-order chi connectivity index (χ1) is 15.8. The third kappa shape index (κ3) is 5.25. The summed E-state index contributed by atoms with van der Waals surface area (Å²) in [5.74, 6) is -0.698. The molecule has 0 atom stereocenters. The number of carbonyl (C=O) groups excluding carboxylic acids is 1. The van der Waals surface area contributed by atoms with Gasteiger partial charge in [0.05, 0.1) is 11.9 Å². The monoisotopic (exact) mass is 471 g/mol. The SMILES string of the molecule is CS(=O)(=O)N(c1cc(OC2CCN(C(=O)c3ccccn3)CC2)ncn1)c1ccccc1F. The van der Waals surface area contributed by atoms with Crippen LogP contribution in [0.1, 0.15) is 23.3 Å². The van der Waals surface area contributed by atoms with Crippen molar-refractivity contribution in [1.82, 2.24) is 19.9 Å². The van der Waals surface area contributed by atoms with Gasteiger partial charge in [0, 0.05) is 38.2 Å². The highest BCUT2D eigenvalue weighted by Crippen LogP contribution is 2.30. The van der Waals surface area contributed by atoms with Crippen LogP contribution in [0, 0.1) is 5.82 Å². The van der Waals surface area contributed by atoms with E-state index in [2.05, 4.69) is 15.0 Å². The zero-order chi connectivity index (χ0) is 23.4. The Morgan fingerprint density at radius 3 is 2.48 bits per heavy atom. The molecule has 11 heteroatoms. The van der Waals surface area contributed by atoms with Gasteiger partial charge in [-0.2, -0.15) is 0 Å². The van der Waals surface area contributed by atoms with Crippen molar-refractivity contribution in [3.05, 3.63) is 72.6 Å². The summed E-state index contributed by atoms with van der Waals surface area (Å²) in [4.78, 5) is 26.5. The van der Waals surface area contributed by atoms with Gasteiger partial charge < -0.3 is 9.64 Å². The molecule has 33 heavy (non-hydrogen) atoms. The number of pyridine rings is 1. The number of aromatic nitrogens is 3. The second-order valence-corrected chi connectivity index (χ2v) is 9.35. The van der Waals surface area contributed by atoms with Crippen LogP contribution in [0.25, 0.3) is 0 Å². The van der Waals surface area contributed by atoms with E-state index in [4.69, 9.17) is 4.74 Å². The summed E-state index contributed by atoms with van der Waals surface area (Å²) in [6.07, 6.45) is 4.64. The van der Waals surface area contributed by atoms with Crippen LogP contribution in [-0.4, -0.2) is 59.6 Å². The molecular weight excluding hydrogens is 449 g/mol. The molecule has 1 aliphatic heterocycles. The van der Waals surface area contributed by atoms with Crippen molar-refractivity contribution in [1.29, 1.82) is 0 Å². The predicted octanol–water partition coefficient (Wildman–Crippen LogP) is 2.79. The molecule has 0 N–H and O–H groups in total. The molecule has 1 aromatic carbocycles. The van der Waals surface area contributed by atoms with Gasteiger partial charge in [-0.15, -0.1) is 0 Å². The molecule has 0 bridgehead atoms. The van der Waals surface area contributed by atoms with E-state index in [1.54, 1.807) is 29.3 Å². The summed E-state index contributed by atoms with van der Waals surface area (Å²) in [6.45, 7) is 0.978. The van der Waals surface area contributed by atoms with Crippen molar-refractivity contribution >= 4 is 27.4 Å². The molecule has 2 aromatic heterocycles. The summed E-state index contributed by atoms with van der Waals surface area (Å²) < 4.78 is 45.9. The molecule has 0 aliphatic carbocycles. The number of sulfonamides is 1. The number of para-hydroxylation sites is 1. The van der Waals surface area contributed by atoms with E-state index < -0.39 is 15.8 Å². The van der Waals surface area contributed by atoms with Gasteiger partial charge in [-0.05, 0) is 24.3 Å². The van der Waals surface area contributed by atoms with Crippen molar-refractivity contribution in [3.63, 3.8) is 0 Å². The topological polar surface area (TPSA) is 106 Å². The molecule has 9 nitrogen and oxygen atoms in total. The first-order valence-electron chi connectivity index (χ1n) is 10.3. The Bertz CT molecular complexity index is 1230. The molecule has 4 rings (SSSR count). The lowest BCUT2D eigenvalue weighted by Crippen LogP contribution is -2.42.